The molecule has 0 spiro atoms. The van der Waals surface area contributed by atoms with Crippen molar-refractivity contribution in [2.45, 2.75) is 18.2 Å². The van der Waals surface area contributed by atoms with Crippen LogP contribution in [0, 0.1) is 6.92 Å². The smallest absolute Gasteiger partial charge is 0.294 e. The van der Waals surface area contributed by atoms with Gasteiger partial charge < -0.3 is 9.32 Å². The van der Waals surface area contributed by atoms with E-state index >= 15 is 0 Å². The molecule has 146 valence electrons. The van der Waals surface area contributed by atoms with Crippen molar-refractivity contribution in [2.24, 2.45) is 0 Å². The number of anilines is 1. The minimum Gasteiger partial charge on any atom is -0.451 e. The van der Waals surface area contributed by atoms with Gasteiger partial charge in [0, 0.05) is 42.3 Å². The van der Waals surface area contributed by atoms with E-state index in [2.05, 4.69) is 0 Å². The first-order chi connectivity index (χ1) is 13.2. The van der Waals surface area contributed by atoms with Crippen LogP contribution in [0.15, 0.2) is 45.7 Å². The van der Waals surface area contributed by atoms with Crippen molar-refractivity contribution in [1.29, 1.82) is 0 Å². The van der Waals surface area contributed by atoms with E-state index in [4.69, 9.17) is 16.0 Å². The van der Waals surface area contributed by atoms with E-state index in [0.717, 1.165) is 16.5 Å². The number of benzene rings is 2. The molecule has 4 rings (SSSR count). The molecule has 0 aliphatic carbocycles. The summed E-state index contributed by atoms with van der Waals surface area (Å²) in [5, 5.41) is 1.39. The summed E-state index contributed by atoms with van der Waals surface area (Å²) in [4.78, 5) is 15.0. The quantitative estimate of drug-likeness (QED) is 0.647. The van der Waals surface area contributed by atoms with Crippen molar-refractivity contribution in [3.05, 3.63) is 58.3 Å². The molecule has 0 saturated carbocycles. The van der Waals surface area contributed by atoms with E-state index < -0.39 is 10.0 Å². The fourth-order valence-corrected chi connectivity index (χ4v) is 4.61. The molecule has 28 heavy (non-hydrogen) atoms. The first kappa shape index (κ1) is 19.0. The minimum absolute atomic E-state index is 0.222. The average molecular weight is 419 g/mol. The van der Waals surface area contributed by atoms with Gasteiger partial charge in [0.1, 0.15) is 5.58 Å². The Labute approximate surface area is 168 Å². The largest absolute Gasteiger partial charge is 0.451 e. The molecule has 0 fully saturated rings. The highest BCUT2D eigenvalue weighted by Crippen LogP contribution is 2.34. The van der Waals surface area contributed by atoms with Gasteiger partial charge in [-0.2, -0.15) is 0 Å². The topological polar surface area (TPSA) is 70.8 Å². The molecular formula is C20H19ClN2O4S. The number of amides is 1. The van der Waals surface area contributed by atoms with Gasteiger partial charge in [0.05, 0.1) is 4.90 Å². The number of sulfonamides is 1. The Morgan fingerprint density at radius 1 is 1.18 bits per heavy atom. The number of fused-ring (bicyclic) bond motifs is 2. The molecule has 3 aromatic rings. The van der Waals surface area contributed by atoms with Crippen LogP contribution >= 0.6 is 11.6 Å². The molecule has 8 heteroatoms. The Morgan fingerprint density at radius 2 is 1.93 bits per heavy atom. The zero-order valence-electron chi connectivity index (χ0n) is 15.7. The van der Waals surface area contributed by atoms with Gasteiger partial charge in [-0.05, 0) is 55.3 Å². The molecular weight excluding hydrogens is 400 g/mol. The number of nitrogens with zero attached hydrogens (tertiary/aromatic N) is 2. The molecule has 1 aromatic heterocycles. The van der Waals surface area contributed by atoms with Crippen LogP contribution in [0.3, 0.4) is 0 Å². The molecule has 2 heterocycles. The summed E-state index contributed by atoms with van der Waals surface area (Å²) in [5.74, 6) is 0.0295. The molecule has 1 aliphatic heterocycles. The number of carbonyl (C=O) groups excluding carboxylic acids is 1. The molecule has 1 amide bonds. The van der Waals surface area contributed by atoms with E-state index in [1.165, 1.54) is 24.5 Å². The fraction of sp³-hybridized carbons (Fsp3) is 0.250. The second kappa shape index (κ2) is 6.62. The SMILES string of the molecule is Cc1c(C(=O)N2CCc3cc(S(=O)(=O)N(C)C)ccc32)oc2ccc(Cl)cc12. The normalized spacial score (nSPS) is 14.1. The highest BCUT2D eigenvalue weighted by molar-refractivity contribution is 7.89. The highest BCUT2D eigenvalue weighted by Gasteiger charge is 2.31. The van der Waals surface area contributed by atoms with E-state index in [9.17, 15) is 13.2 Å². The third-order valence-corrected chi connectivity index (χ3v) is 7.11. The Kier molecular flexibility index (Phi) is 4.49. The molecule has 2 aromatic carbocycles. The standard InChI is InChI=1S/C20H19ClN2O4S/c1-12-16-11-14(21)4-7-18(16)27-19(12)20(24)23-9-8-13-10-15(5-6-17(13)23)28(25,26)22(2)3/h4-7,10-11H,8-9H2,1-3H3. The minimum atomic E-state index is -3.52. The Balaban J connectivity index is 1.72. The van der Waals surface area contributed by atoms with E-state index in [-0.39, 0.29) is 16.6 Å². The van der Waals surface area contributed by atoms with Gasteiger partial charge in [0.15, 0.2) is 5.76 Å². The summed E-state index contributed by atoms with van der Waals surface area (Å²) in [6.45, 7) is 2.30. The number of halogens is 1. The number of carbonyl (C=O) groups is 1. The zero-order valence-corrected chi connectivity index (χ0v) is 17.3. The predicted octanol–water partition coefficient (Wildman–Crippen LogP) is 3.85. The summed E-state index contributed by atoms with van der Waals surface area (Å²) in [6.07, 6.45) is 0.586. The lowest BCUT2D eigenvalue weighted by molar-refractivity contribution is 0.0964. The van der Waals surface area contributed by atoms with Crippen LogP contribution < -0.4 is 4.90 Å². The zero-order chi connectivity index (χ0) is 20.2. The third-order valence-electron chi connectivity index (χ3n) is 5.06. The lowest BCUT2D eigenvalue weighted by atomic mass is 10.1. The van der Waals surface area contributed by atoms with Crippen LogP contribution in [0.2, 0.25) is 5.02 Å². The maximum absolute atomic E-state index is 13.1. The molecule has 6 nitrogen and oxygen atoms in total. The number of rotatable bonds is 3. The molecule has 1 aliphatic rings. The van der Waals surface area contributed by atoms with E-state index in [0.29, 0.717) is 29.3 Å². The Morgan fingerprint density at radius 3 is 2.64 bits per heavy atom. The Hall–Kier alpha value is -2.35. The second-order valence-electron chi connectivity index (χ2n) is 6.98. The Bertz CT molecular complexity index is 1210. The molecule has 0 N–H and O–H groups in total. The molecule has 0 unspecified atom stereocenters. The van der Waals surface area contributed by atoms with Gasteiger partial charge in [0.2, 0.25) is 10.0 Å². The molecule has 0 atom stereocenters. The second-order valence-corrected chi connectivity index (χ2v) is 9.57. The number of furan rings is 1. The highest BCUT2D eigenvalue weighted by atomic mass is 35.5. The fourth-order valence-electron chi connectivity index (χ4n) is 3.48. The lowest BCUT2D eigenvalue weighted by Crippen LogP contribution is -2.29. The van der Waals surface area contributed by atoms with Gasteiger partial charge in [-0.3, -0.25) is 4.79 Å². The van der Waals surface area contributed by atoms with Gasteiger partial charge in [0.25, 0.3) is 5.91 Å². The number of aryl methyl sites for hydroxylation is 1. The van der Waals surface area contributed by atoms with Crippen LogP contribution in [-0.4, -0.2) is 39.3 Å². The van der Waals surface area contributed by atoms with Crippen molar-refractivity contribution in [1.82, 2.24) is 4.31 Å². The van der Waals surface area contributed by atoms with Gasteiger partial charge in [-0.1, -0.05) is 11.6 Å². The van der Waals surface area contributed by atoms with Crippen LogP contribution in [0.4, 0.5) is 5.69 Å². The maximum atomic E-state index is 13.1. The molecule has 0 radical (unpaired) electrons. The van der Waals surface area contributed by atoms with Gasteiger partial charge >= 0.3 is 0 Å². The summed E-state index contributed by atoms with van der Waals surface area (Å²) in [7, 11) is -0.528. The van der Waals surface area contributed by atoms with E-state index in [1.807, 2.05) is 6.92 Å². The summed E-state index contributed by atoms with van der Waals surface area (Å²) in [5.41, 5.74) is 2.88. The van der Waals surface area contributed by atoms with Crippen molar-refractivity contribution in [2.75, 3.05) is 25.5 Å². The monoisotopic (exact) mass is 418 g/mol. The summed E-state index contributed by atoms with van der Waals surface area (Å²) < 4.78 is 31.7. The third kappa shape index (κ3) is 2.90. The van der Waals surface area contributed by atoms with Crippen molar-refractivity contribution < 1.29 is 17.6 Å². The van der Waals surface area contributed by atoms with Crippen molar-refractivity contribution >= 4 is 44.2 Å². The molecule has 0 bridgehead atoms. The number of hydrogen-bond donors (Lipinski definition) is 0. The average Bonchev–Trinajstić information content (AvgIpc) is 3.22. The first-order valence-corrected chi connectivity index (χ1v) is 10.6. The molecule has 0 saturated heterocycles. The van der Waals surface area contributed by atoms with Crippen LogP contribution in [-0.2, 0) is 16.4 Å². The van der Waals surface area contributed by atoms with Gasteiger partial charge in [-0.25, -0.2) is 12.7 Å². The first-order valence-electron chi connectivity index (χ1n) is 8.76. The van der Waals surface area contributed by atoms with Crippen LogP contribution in [0.5, 0.6) is 0 Å². The van der Waals surface area contributed by atoms with E-state index in [1.54, 1.807) is 35.2 Å². The lowest BCUT2D eigenvalue weighted by Gasteiger charge is -2.17. The number of hydrogen-bond acceptors (Lipinski definition) is 4. The summed E-state index contributed by atoms with van der Waals surface area (Å²) in [6, 6.07) is 10.1. The van der Waals surface area contributed by atoms with Crippen molar-refractivity contribution in [3.8, 4) is 0 Å². The maximum Gasteiger partial charge on any atom is 0.294 e. The predicted molar refractivity (Wildman–Crippen MR) is 109 cm³/mol. The van der Waals surface area contributed by atoms with Crippen LogP contribution in [0.1, 0.15) is 21.7 Å². The van der Waals surface area contributed by atoms with Gasteiger partial charge in [-0.15, -0.1) is 0 Å². The van der Waals surface area contributed by atoms with Crippen LogP contribution in [0.25, 0.3) is 11.0 Å². The summed E-state index contributed by atoms with van der Waals surface area (Å²) >= 11 is 6.06. The van der Waals surface area contributed by atoms with Crippen molar-refractivity contribution in [3.63, 3.8) is 0 Å².